The quantitative estimate of drug-likeness (QED) is 0.807. The van der Waals surface area contributed by atoms with Crippen molar-refractivity contribution in [2.24, 2.45) is 0 Å². The fourth-order valence-electron chi connectivity index (χ4n) is 1.68. The molecule has 0 unspecified atom stereocenters. The molecule has 0 amide bonds. The van der Waals surface area contributed by atoms with Gasteiger partial charge in [-0.15, -0.1) is 0 Å². The van der Waals surface area contributed by atoms with Crippen LogP contribution in [0.15, 0.2) is 36.7 Å². The van der Waals surface area contributed by atoms with Gasteiger partial charge in [-0.2, -0.15) is 0 Å². The van der Waals surface area contributed by atoms with Crippen LogP contribution in [0.1, 0.15) is 23.0 Å². The zero-order valence-electron chi connectivity index (χ0n) is 11.2. The Kier molecular flexibility index (Phi) is 4.49. The van der Waals surface area contributed by atoms with E-state index in [-0.39, 0.29) is 5.69 Å². The molecule has 0 radical (unpaired) electrons. The minimum atomic E-state index is -0.451. The third-order valence-electron chi connectivity index (χ3n) is 2.65. The van der Waals surface area contributed by atoms with Crippen LogP contribution in [0.2, 0.25) is 0 Å². The average molecular weight is 272 g/mol. The van der Waals surface area contributed by atoms with Crippen molar-refractivity contribution < 1.29 is 9.53 Å². The fraction of sp³-hybridized carbons (Fsp3) is 0.214. The minimum absolute atomic E-state index is 0.280. The Hall–Kier alpha value is -2.63. The Balaban J connectivity index is 2.12. The third-order valence-corrected chi connectivity index (χ3v) is 2.65. The number of nitrogens with one attached hydrogen (secondary N) is 1. The maximum absolute atomic E-state index is 11.7. The lowest BCUT2D eigenvalue weighted by Crippen LogP contribution is -2.12. The van der Waals surface area contributed by atoms with Crippen LogP contribution in [0.3, 0.4) is 0 Å². The van der Waals surface area contributed by atoms with Gasteiger partial charge in [0.2, 0.25) is 0 Å². The van der Waals surface area contributed by atoms with Gasteiger partial charge in [0, 0.05) is 12.4 Å². The summed E-state index contributed by atoms with van der Waals surface area (Å²) >= 11 is 0. The Morgan fingerprint density at radius 1 is 1.30 bits per heavy atom. The normalized spacial score (nSPS) is 10.1. The Bertz CT molecular complexity index is 587. The molecule has 2 rings (SSSR count). The van der Waals surface area contributed by atoms with E-state index in [1.54, 1.807) is 19.2 Å². The molecule has 0 spiro atoms. The molecule has 2 heterocycles. The second-order valence-electron chi connectivity index (χ2n) is 4.02. The predicted molar refractivity (Wildman–Crippen MR) is 76.2 cm³/mol. The van der Waals surface area contributed by atoms with Gasteiger partial charge in [-0.05, 0) is 25.1 Å². The second-order valence-corrected chi connectivity index (χ2v) is 4.02. The van der Waals surface area contributed by atoms with Gasteiger partial charge in [-0.25, -0.2) is 9.78 Å². The van der Waals surface area contributed by atoms with E-state index in [4.69, 9.17) is 10.5 Å². The zero-order valence-corrected chi connectivity index (χ0v) is 11.2. The molecule has 104 valence electrons. The molecule has 0 fully saturated rings. The predicted octanol–water partition coefficient (Wildman–Crippen LogP) is 1.85. The molecular formula is C14H16N4O2. The molecule has 6 nitrogen and oxygen atoms in total. The van der Waals surface area contributed by atoms with Crippen LogP contribution in [0.5, 0.6) is 0 Å². The number of anilines is 2. The maximum atomic E-state index is 11.7. The maximum Gasteiger partial charge on any atom is 0.340 e. The summed E-state index contributed by atoms with van der Waals surface area (Å²) in [6.45, 7) is 2.52. The molecule has 0 aliphatic rings. The number of esters is 1. The Morgan fingerprint density at radius 3 is 2.85 bits per heavy atom. The highest BCUT2D eigenvalue weighted by Gasteiger charge is 2.14. The first-order valence-corrected chi connectivity index (χ1v) is 6.27. The third kappa shape index (κ3) is 3.23. The van der Waals surface area contributed by atoms with Gasteiger partial charge in [0.15, 0.2) is 0 Å². The van der Waals surface area contributed by atoms with E-state index in [9.17, 15) is 4.79 Å². The van der Waals surface area contributed by atoms with Crippen molar-refractivity contribution in [3.05, 3.63) is 47.9 Å². The van der Waals surface area contributed by atoms with Gasteiger partial charge in [0.1, 0.15) is 5.82 Å². The number of carbonyl (C=O) groups excluding carboxylic acids is 1. The van der Waals surface area contributed by atoms with Gasteiger partial charge in [0.05, 0.1) is 30.1 Å². The molecule has 0 bridgehead atoms. The highest BCUT2D eigenvalue weighted by molar-refractivity contribution is 5.97. The zero-order chi connectivity index (χ0) is 14.4. The van der Waals surface area contributed by atoms with E-state index in [2.05, 4.69) is 15.3 Å². The van der Waals surface area contributed by atoms with Crippen molar-refractivity contribution in [2.75, 3.05) is 17.7 Å². The number of hydrogen-bond donors (Lipinski definition) is 2. The first kappa shape index (κ1) is 13.8. The van der Waals surface area contributed by atoms with E-state index in [0.29, 0.717) is 24.5 Å². The van der Waals surface area contributed by atoms with E-state index < -0.39 is 5.97 Å². The SMILES string of the molecule is CCOC(=O)c1ccnc(NCc2ccccn2)c1N. The van der Waals surface area contributed by atoms with Crippen LogP contribution >= 0.6 is 0 Å². The number of nitrogen functional groups attached to an aromatic ring is 1. The topological polar surface area (TPSA) is 90.1 Å². The molecule has 20 heavy (non-hydrogen) atoms. The van der Waals surface area contributed by atoms with Crippen LogP contribution in [-0.2, 0) is 11.3 Å². The van der Waals surface area contributed by atoms with Crippen LogP contribution < -0.4 is 11.1 Å². The summed E-state index contributed by atoms with van der Waals surface area (Å²) in [5.74, 6) is -0.00510. The average Bonchev–Trinajstić information content (AvgIpc) is 2.47. The lowest BCUT2D eigenvalue weighted by atomic mass is 10.2. The van der Waals surface area contributed by atoms with Gasteiger partial charge < -0.3 is 15.8 Å². The van der Waals surface area contributed by atoms with Gasteiger partial charge in [0.25, 0.3) is 0 Å². The largest absolute Gasteiger partial charge is 0.462 e. The number of carbonyl (C=O) groups is 1. The molecule has 0 aromatic carbocycles. The Labute approximate surface area is 117 Å². The summed E-state index contributed by atoms with van der Waals surface area (Å²) in [7, 11) is 0. The van der Waals surface area contributed by atoms with Crippen molar-refractivity contribution in [3.8, 4) is 0 Å². The lowest BCUT2D eigenvalue weighted by Gasteiger charge is -2.11. The van der Waals surface area contributed by atoms with E-state index >= 15 is 0 Å². The fourth-order valence-corrected chi connectivity index (χ4v) is 1.68. The summed E-state index contributed by atoms with van der Waals surface area (Å²) in [5.41, 5.74) is 7.38. The van der Waals surface area contributed by atoms with Gasteiger partial charge in [-0.1, -0.05) is 6.07 Å². The van der Waals surface area contributed by atoms with Crippen LogP contribution in [0, 0.1) is 0 Å². The number of rotatable bonds is 5. The monoisotopic (exact) mass is 272 g/mol. The van der Waals surface area contributed by atoms with Crippen molar-refractivity contribution in [1.29, 1.82) is 0 Å². The molecule has 3 N–H and O–H groups in total. The Morgan fingerprint density at radius 2 is 2.15 bits per heavy atom. The van der Waals surface area contributed by atoms with Crippen LogP contribution in [-0.4, -0.2) is 22.5 Å². The number of pyridine rings is 2. The summed E-state index contributed by atoms with van der Waals surface area (Å²) < 4.78 is 4.94. The number of ether oxygens (including phenoxy) is 1. The minimum Gasteiger partial charge on any atom is -0.462 e. The standard InChI is InChI=1S/C14H16N4O2/c1-2-20-14(19)11-6-8-17-13(12(11)15)18-9-10-5-3-4-7-16-10/h3-8H,2,9,15H2,1H3,(H,17,18). The molecule has 0 aliphatic carbocycles. The van der Waals surface area contributed by atoms with Crippen molar-refractivity contribution in [3.63, 3.8) is 0 Å². The smallest absolute Gasteiger partial charge is 0.340 e. The first-order chi connectivity index (χ1) is 9.72. The van der Waals surface area contributed by atoms with Gasteiger partial charge in [-0.3, -0.25) is 4.98 Å². The van der Waals surface area contributed by atoms with Gasteiger partial charge >= 0.3 is 5.97 Å². The number of hydrogen-bond acceptors (Lipinski definition) is 6. The molecule has 2 aromatic rings. The molecular weight excluding hydrogens is 256 g/mol. The van der Waals surface area contributed by atoms with Crippen molar-refractivity contribution >= 4 is 17.5 Å². The highest BCUT2D eigenvalue weighted by atomic mass is 16.5. The summed E-state index contributed by atoms with van der Waals surface area (Å²) in [6.07, 6.45) is 3.23. The van der Waals surface area contributed by atoms with Crippen molar-refractivity contribution in [1.82, 2.24) is 9.97 Å². The van der Waals surface area contributed by atoms with Crippen LogP contribution in [0.25, 0.3) is 0 Å². The lowest BCUT2D eigenvalue weighted by molar-refractivity contribution is 0.0527. The first-order valence-electron chi connectivity index (χ1n) is 6.27. The molecule has 0 saturated carbocycles. The molecule has 0 atom stereocenters. The number of nitrogens with two attached hydrogens (primary N) is 1. The van der Waals surface area contributed by atoms with Crippen molar-refractivity contribution in [2.45, 2.75) is 13.5 Å². The summed E-state index contributed by atoms with van der Waals surface area (Å²) in [5, 5.41) is 3.06. The second kappa shape index (κ2) is 6.51. The number of nitrogens with zero attached hydrogens (tertiary/aromatic N) is 2. The molecule has 6 heteroatoms. The van der Waals surface area contributed by atoms with E-state index in [1.165, 1.54) is 6.20 Å². The summed E-state index contributed by atoms with van der Waals surface area (Å²) in [6, 6.07) is 7.17. The van der Waals surface area contributed by atoms with Crippen LogP contribution in [0.4, 0.5) is 11.5 Å². The van der Waals surface area contributed by atoms with E-state index in [1.807, 2.05) is 18.2 Å². The molecule has 2 aromatic heterocycles. The molecule has 0 aliphatic heterocycles. The highest BCUT2D eigenvalue weighted by Crippen LogP contribution is 2.21. The summed E-state index contributed by atoms with van der Waals surface area (Å²) in [4.78, 5) is 20.0. The van der Waals surface area contributed by atoms with E-state index in [0.717, 1.165) is 5.69 Å². The molecule has 0 saturated heterocycles. The number of aromatic nitrogens is 2.